The number of nitrogens with zero attached hydrogens (tertiary/aromatic N) is 4. The van der Waals surface area contributed by atoms with Gasteiger partial charge in [0.25, 0.3) is 5.91 Å². The number of amides is 1. The predicted octanol–water partition coefficient (Wildman–Crippen LogP) is 6.02. The standard InChI is InChI=1S/C26H24F3N4O6P/c1-30(20-5-3-2-4-6-20)25(34)18-7-10-21(11-8-18)38-23-17-19(9-12-22(23)33(35)36)24(26(27,28)29)39-40(37,31-13-14-31)32-15-16-32/h2-12,17,24H,13-16H2,1H3. The zero-order valence-electron chi connectivity index (χ0n) is 21.2. The minimum Gasteiger partial charge on any atom is -0.450 e. The molecule has 0 aliphatic carbocycles. The third-order valence-electron chi connectivity index (χ3n) is 6.36. The number of para-hydroxylation sites is 1. The lowest BCUT2D eigenvalue weighted by atomic mass is 10.1. The first-order valence-electron chi connectivity index (χ1n) is 12.2. The highest BCUT2D eigenvalue weighted by Crippen LogP contribution is 2.64. The van der Waals surface area contributed by atoms with Crippen molar-refractivity contribution in [2.75, 3.05) is 38.1 Å². The summed E-state index contributed by atoms with van der Waals surface area (Å²) in [6.45, 7) is 1.42. The van der Waals surface area contributed by atoms with Crippen molar-refractivity contribution in [1.29, 1.82) is 0 Å². The van der Waals surface area contributed by atoms with Gasteiger partial charge in [0.05, 0.1) is 4.92 Å². The Morgan fingerprint density at radius 1 is 1.00 bits per heavy atom. The van der Waals surface area contributed by atoms with E-state index in [1.165, 1.54) is 38.5 Å². The van der Waals surface area contributed by atoms with Crippen LogP contribution in [0.1, 0.15) is 22.0 Å². The van der Waals surface area contributed by atoms with Crippen molar-refractivity contribution in [1.82, 2.24) is 9.34 Å². The summed E-state index contributed by atoms with van der Waals surface area (Å²) in [6.07, 6.45) is -7.56. The lowest BCUT2D eigenvalue weighted by Gasteiger charge is -2.28. The van der Waals surface area contributed by atoms with Crippen molar-refractivity contribution in [3.63, 3.8) is 0 Å². The highest BCUT2D eigenvalue weighted by molar-refractivity contribution is 7.54. The third kappa shape index (κ3) is 5.87. The first kappa shape index (κ1) is 27.8. The fraction of sp³-hybridized carbons (Fsp3) is 0.269. The zero-order valence-corrected chi connectivity index (χ0v) is 22.0. The minimum absolute atomic E-state index is 0.0579. The zero-order chi connectivity index (χ0) is 28.7. The van der Waals surface area contributed by atoms with E-state index in [1.54, 1.807) is 31.3 Å². The number of halogens is 3. The summed E-state index contributed by atoms with van der Waals surface area (Å²) in [5.41, 5.74) is -0.0985. The second-order valence-corrected chi connectivity index (χ2v) is 11.6. The molecular formula is C26H24F3N4O6P. The van der Waals surface area contributed by atoms with Crippen LogP contribution >= 0.6 is 7.67 Å². The average molecular weight is 576 g/mol. The maximum absolute atomic E-state index is 14.1. The molecule has 2 heterocycles. The lowest BCUT2D eigenvalue weighted by molar-refractivity contribution is -0.385. The van der Waals surface area contributed by atoms with Gasteiger partial charge in [-0.25, -0.2) is 9.34 Å². The van der Waals surface area contributed by atoms with Crippen LogP contribution in [0.5, 0.6) is 11.5 Å². The van der Waals surface area contributed by atoms with E-state index in [-0.39, 0.29) is 11.7 Å². The monoisotopic (exact) mass is 576 g/mol. The van der Waals surface area contributed by atoms with Crippen LogP contribution in [0.15, 0.2) is 72.8 Å². The number of anilines is 1. The molecule has 0 aromatic heterocycles. The minimum atomic E-state index is -4.96. The molecule has 5 rings (SSSR count). The Morgan fingerprint density at radius 3 is 2.12 bits per heavy atom. The van der Waals surface area contributed by atoms with E-state index in [4.69, 9.17) is 9.26 Å². The second kappa shape index (κ2) is 10.7. The summed E-state index contributed by atoms with van der Waals surface area (Å²) in [5.74, 6) is -0.727. The van der Waals surface area contributed by atoms with Crippen LogP contribution in [0.3, 0.4) is 0 Å². The summed E-state index contributed by atoms with van der Waals surface area (Å²) in [6, 6.07) is 17.3. The molecule has 3 aromatic carbocycles. The van der Waals surface area contributed by atoms with Gasteiger partial charge in [-0.1, -0.05) is 18.2 Å². The van der Waals surface area contributed by atoms with E-state index in [1.807, 2.05) is 6.07 Å². The normalized spacial score (nSPS) is 16.3. The quantitative estimate of drug-likeness (QED) is 0.125. The van der Waals surface area contributed by atoms with Gasteiger partial charge in [-0.2, -0.15) is 13.2 Å². The van der Waals surface area contributed by atoms with Crippen molar-refractivity contribution < 1.29 is 36.7 Å². The van der Waals surface area contributed by atoms with E-state index in [0.717, 1.165) is 18.2 Å². The van der Waals surface area contributed by atoms with Gasteiger partial charge in [0.15, 0.2) is 6.10 Å². The maximum Gasteiger partial charge on any atom is 0.419 e. The molecule has 0 N–H and O–H groups in total. The Kier molecular flexibility index (Phi) is 7.40. The number of carbonyl (C=O) groups excluding carboxylic acids is 1. The van der Waals surface area contributed by atoms with Crippen molar-refractivity contribution in [3.05, 3.63) is 94.0 Å². The highest BCUT2D eigenvalue weighted by atomic mass is 31.2. The molecule has 2 aliphatic rings. The molecule has 210 valence electrons. The van der Waals surface area contributed by atoms with Crippen LogP contribution in [0, 0.1) is 10.1 Å². The number of benzene rings is 3. The summed E-state index contributed by atoms with van der Waals surface area (Å²) in [4.78, 5) is 25.1. The summed E-state index contributed by atoms with van der Waals surface area (Å²) in [7, 11) is -2.27. The third-order valence-corrected chi connectivity index (χ3v) is 9.08. The molecule has 0 bridgehead atoms. The number of nitro groups is 1. The molecule has 1 unspecified atom stereocenters. The number of nitro benzene ring substituents is 1. The van der Waals surface area contributed by atoms with Gasteiger partial charge in [-0.3, -0.25) is 24.0 Å². The number of alkyl halides is 3. The van der Waals surface area contributed by atoms with Crippen LogP contribution in [0.4, 0.5) is 24.5 Å². The maximum atomic E-state index is 14.1. The number of hydrogen-bond donors (Lipinski definition) is 0. The van der Waals surface area contributed by atoms with Gasteiger partial charge in [-0.05, 0) is 54.1 Å². The molecular weight excluding hydrogens is 552 g/mol. The highest BCUT2D eigenvalue weighted by Gasteiger charge is 2.55. The van der Waals surface area contributed by atoms with E-state index < -0.39 is 41.9 Å². The van der Waals surface area contributed by atoms with E-state index in [9.17, 15) is 32.6 Å². The van der Waals surface area contributed by atoms with E-state index in [0.29, 0.717) is 37.4 Å². The second-order valence-electron chi connectivity index (χ2n) is 9.24. The first-order chi connectivity index (χ1) is 19.0. The van der Waals surface area contributed by atoms with Crippen LogP contribution in [0.2, 0.25) is 0 Å². The Bertz CT molecular complexity index is 1450. The van der Waals surface area contributed by atoms with Gasteiger partial charge in [-0.15, -0.1) is 0 Å². The Morgan fingerprint density at radius 2 is 1.60 bits per heavy atom. The fourth-order valence-corrected chi connectivity index (χ4v) is 6.37. The summed E-state index contributed by atoms with van der Waals surface area (Å²) < 4.78 is 69.3. The Hall–Kier alpha value is -3.77. The Labute approximate surface area is 227 Å². The van der Waals surface area contributed by atoms with Crippen molar-refractivity contribution in [3.8, 4) is 11.5 Å². The molecule has 3 aromatic rings. The van der Waals surface area contributed by atoms with Crippen LogP contribution in [-0.2, 0) is 9.09 Å². The van der Waals surface area contributed by atoms with Crippen LogP contribution in [-0.4, -0.2) is 59.6 Å². The largest absolute Gasteiger partial charge is 0.450 e. The van der Waals surface area contributed by atoms with Crippen molar-refractivity contribution >= 4 is 25.0 Å². The van der Waals surface area contributed by atoms with Gasteiger partial charge < -0.3 is 9.64 Å². The number of hydrogen-bond acceptors (Lipinski definition) is 6. The molecule has 10 nitrogen and oxygen atoms in total. The molecule has 0 radical (unpaired) electrons. The van der Waals surface area contributed by atoms with E-state index >= 15 is 0 Å². The van der Waals surface area contributed by atoms with Gasteiger partial charge in [0, 0.05) is 50.5 Å². The van der Waals surface area contributed by atoms with Gasteiger partial charge >= 0.3 is 19.5 Å². The average Bonchev–Trinajstić information content (AvgIpc) is 3.83. The fourth-order valence-electron chi connectivity index (χ4n) is 4.04. The van der Waals surface area contributed by atoms with E-state index in [2.05, 4.69) is 0 Å². The molecule has 14 heteroatoms. The molecule has 1 amide bonds. The number of ether oxygens (including phenoxy) is 1. The Balaban J connectivity index is 1.40. The summed E-state index contributed by atoms with van der Waals surface area (Å²) in [5, 5.41) is 11.6. The molecule has 2 saturated heterocycles. The summed E-state index contributed by atoms with van der Waals surface area (Å²) >= 11 is 0. The van der Waals surface area contributed by atoms with Crippen molar-refractivity contribution in [2.24, 2.45) is 0 Å². The molecule has 40 heavy (non-hydrogen) atoms. The molecule has 0 saturated carbocycles. The first-order valence-corrected chi connectivity index (χ1v) is 13.8. The molecule has 2 fully saturated rings. The predicted molar refractivity (Wildman–Crippen MR) is 139 cm³/mol. The molecule has 0 spiro atoms. The van der Waals surface area contributed by atoms with Crippen LogP contribution < -0.4 is 9.64 Å². The van der Waals surface area contributed by atoms with Gasteiger partial charge in [0.2, 0.25) is 5.75 Å². The molecule has 2 aliphatic heterocycles. The SMILES string of the molecule is CN(C(=O)c1ccc(Oc2cc(C(OP(=O)(N3CC3)N3CC3)C(F)(F)F)ccc2[N+](=O)[O-])cc1)c1ccccc1. The van der Waals surface area contributed by atoms with Crippen LogP contribution in [0.25, 0.3) is 0 Å². The smallest absolute Gasteiger partial charge is 0.419 e. The van der Waals surface area contributed by atoms with Gasteiger partial charge in [0.1, 0.15) is 5.75 Å². The van der Waals surface area contributed by atoms with Crippen molar-refractivity contribution in [2.45, 2.75) is 12.3 Å². The molecule has 1 atom stereocenters. The number of rotatable bonds is 10. The topological polar surface area (TPSA) is 105 Å². The number of carbonyl (C=O) groups is 1. The lowest BCUT2D eigenvalue weighted by Crippen LogP contribution is -2.26.